The van der Waals surface area contributed by atoms with E-state index in [1.54, 1.807) is 0 Å². The number of hydrogen-bond acceptors (Lipinski definition) is 4. The topological polar surface area (TPSA) is 54.2 Å². The van der Waals surface area contributed by atoms with Crippen LogP contribution in [0, 0.1) is 5.92 Å². The zero-order valence-electron chi connectivity index (χ0n) is 12.2. The molecule has 4 nitrogen and oxygen atoms in total. The molecule has 0 spiro atoms. The van der Waals surface area contributed by atoms with Crippen molar-refractivity contribution in [3.8, 4) is 0 Å². The molecule has 110 valence electrons. The highest BCUT2D eigenvalue weighted by molar-refractivity contribution is 5.46. The van der Waals surface area contributed by atoms with E-state index in [1.165, 1.54) is 24.8 Å². The van der Waals surface area contributed by atoms with Crippen molar-refractivity contribution in [2.45, 2.75) is 19.3 Å². The molecular weight excluding hydrogens is 260 g/mol. The maximum Gasteiger partial charge on any atom is 0.142 e. The Morgan fingerprint density at radius 1 is 1.05 bits per heavy atom. The van der Waals surface area contributed by atoms with Gasteiger partial charge in [0.1, 0.15) is 11.6 Å². The summed E-state index contributed by atoms with van der Waals surface area (Å²) >= 11 is 0. The standard InChI is InChI=1S/C17H22N4/c18-20-16-7-4-8-17(19-16)21-11-9-15(10-12-21)13-14-5-2-1-3-6-14/h1-8,15H,9-13,18H2,(H,19,20). The van der Waals surface area contributed by atoms with Crippen LogP contribution in [0.2, 0.25) is 0 Å². The maximum absolute atomic E-state index is 5.43. The Morgan fingerprint density at radius 2 is 1.81 bits per heavy atom. The molecule has 0 atom stereocenters. The Kier molecular flexibility index (Phi) is 4.36. The first-order valence-corrected chi connectivity index (χ1v) is 7.57. The fourth-order valence-electron chi connectivity index (χ4n) is 2.99. The predicted octanol–water partition coefficient (Wildman–Crippen LogP) is 2.83. The molecule has 21 heavy (non-hydrogen) atoms. The van der Waals surface area contributed by atoms with Gasteiger partial charge in [-0.05, 0) is 42.9 Å². The molecule has 0 amide bonds. The van der Waals surface area contributed by atoms with Gasteiger partial charge in [-0.15, -0.1) is 0 Å². The predicted molar refractivity (Wildman–Crippen MR) is 87.1 cm³/mol. The van der Waals surface area contributed by atoms with Crippen molar-refractivity contribution in [3.63, 3.8) is 0 Å². The number of piperidine rings is 1. The first kappa shape index (κ1) is 13.9. The first-order chi connectivity index (χ1) is 10.3. The Bertz CT molecular complexity index is 562. The molecule has 1 saturated heterocycles. The third-order valence-corrected chi connectivity index (χ3v) is 4.19. The molecule has 4 heteroatoms. The van der Waals surface area contributed by atoms with Gasteiger partial charge in [0.15, 0.2) is 0 Å². The lowest BCUT2D eigenvalue weighted by Crippen LogP contribution is -2.35. The molecule has 0 radical (unpaired) electrons. The van der Waals surface area contributed by atoms with E-state index in [1.807, 2.05) is 12.1 Å². The summed E-state index contributed by atoms with van der Waals surface area (Å²) in [7, 11) is 0. The maximum atomic E-state index is 5.43. The van der Waals surface area contributed by atoms with Gasteiger partial charge in [-0.25, -0.2) is 10.8 Å². The van der Waals surface area contributed by atoms with E-state index in [4.69, 9.17) is 5.84 Å². The number of benzene rings is 1. The third kappa shape index (κ3) is 3.52. The van der Waals surface area contributed by atoms with Crippen molar-refractivity contribution >= 4 is 11.6 Å². The molecule has 1 aromatic carbocycles. The fraction of sp³-hybridized carbons (Fsp3) is 0.353. The van der Waals surface area contributed by atoms with Crippen LogP contribution in [0.5, 0.6) is 0 Å². The molecule has 1 fully saturated rings. The third-order valence-electron chi connectivity index (χ3n) is 4.19. The highest BCUT2D eigenvalue weighted by Gasteiger charge is 2.20. The lowest BCUT2D eigenvalue weighted by Gasteiger charge is -2.33. The van der Waals surface area contributed by atoms with Crippen LogP contribution in [0.3, 0.4) is 0 Å². The van der Waals surface area contributed by atoms with E-state index >= 15 is 0 Å². The van der Waals surface area contributed by atoms with Gasteiger partial charge in [-0.2, -0.15) is 0 Å². The van der Waals surface area contributed by atoms with Crippen LogP contribution >= 0.6 is 0 Å². The van der Waals surface area contributed by atoms with Gasteiger partial charge in [-0.3, -0.25) is 0 Å². The fourth-order valence-corrected chi connectivity index (χ4v) is 2.99. The van der Waals surface area contributed by atoms with Crippen molar-refractivity contribution in [2.24, 2.45) is 11.8 Å². The van der Waals surface area contributed by atoms with Gasteiger partial charge in [0.2, 0.25) is 0 Å². The van der Waals surface area contributed by atoms with Crippen LogP contribution in [0.15, 0.2) is 48.5 Å². The molecule has 0 saturated carbocycles. The van der Waals surface area contributed by atoms with Crippen LogP contribution in [-0.4, -0.2) is 18.1 Å². The largest absolute Gasteiger partial charge is 0.357 e. The van der Waals surface area contributed by atoms with Gasteiger partial charge in [0.25, 0.3) is 0 Å². The van der Waals surface area contributed by atoms with Crippen molar-refractivity contribution in [3.05, 3.63) is 54.1 Å². The summed E-state index contributed by atoms with van der Waals surface area (Å²) in [5.74, 6) is 7.94. The van der Waals surface area contributed by atoms with E-state index in [0.717, 1.165) is 30.6 Å². The number of hydrazine groups is 1. The normalized spacial score (nSPS) is 16.0. The van der Waals surface area contributed by atoms with Gasteiger partial charge in [0.05, 0.1) is 0 Å². The van der Waals surface area contributed by atoms with Crippen LogP contribution in [0.25, 0.3) is 0 Å². The molecule has 2 aromatic rings. The highest BCUT2D eigenvalue weighted by Crippen LogP contribution is 2.25. The van der Waals surface area contributed by atoms with Gasteiger partial charge in [-0.1, -0.05) is 36.4 Å². The molecule has 0 aliphatic carbocycles. The molecule has 3 N–H and O–H groups in total. The molecular formula is C17H22N4. The monoisotopic (exact) mass is 282 g/mol. The van der Waals surface area contributed by atoms with Crippen LogP contribution in [0.1, 0.15) is 18.4 Å². The molecule has 1 aromatic heterocycles. The lowest BCUT2D eigenvalue weighted by molar-refractivity contribution is 0.402. The molecule has 3 rings (SSSR count). The smallest absolute Gasteiger partial charge is 0.142 e. The zero-order chi connectivity index (χ0) is 14.5. The van der Waals surface area contributed by atoms with Crippen LogP contribution in [-0.2, 0) is 6.42 Å². The number of nitrogens with two attached hydrogens (primary N) is 1. The number of nitrogens with one attached hydrogen (secondary N) is 1. The first-order valence-electron chi connectivity index (χ1n) is 7.57. The summed E-state index contributed by atoms with van der Waals surface area (Å²) in [6, 6.07) is 16.7. The number of anilines is 2. The van der Waals surface area contributed by atoms with Crippen molar-refractivity contribution < 1.29 is 0 Å². The van der Waals surface area contributed by atoms with E-state index in [9.17, 15) is 0 Å². The molecule has 0 unspecified atom stereocenters. The summed E-state index contributed by atoms with van der Waals surface area (Å²) in [5.41, 5.74) is 4.06. The average Bonchev–Trinajstić information content (AvgIpc) is 2.56. The molecule has 1 aliphatic rings. The number of hydrogen-bond donors (Lipinski definition) is 2. The summed E-state index contributed by atoms with van der Waals surface area (Å²) in [6.45, 7) is 2.14. The summed E-state index contributed by atoms with van der Waals surface area (Å²) in [6.07, 6.45) is 3.63. The average molecular weight is 282 g/mol. The van der Waals surface area contributed by atoms with Crippen molar-refractivity contribution in [1.29, 1.82) is 0 Å². The Balaban J connectivity index is 1.57. The minimum atomic E-state index is 0.721. The lowest BCUT2D eigenvalue weighted by atomic mass is 9.90. The number of nitrogen functional groups attached to an aromatic ring is 1. The quantitative estimate of drug-likeness (QED) is 0.669. The number of nitrogens with zero attached hydrogens (tertiary/aromatic N) is 2. The van der Waals surface area contributed by atoms with Gasteiger partial charge in [0, 0.05) is 13.1 Å². The summed E-state index contributed by atoms with van der Waals surface area (Å²) < 4.78 is 0. The van der Waals surface area contributed by atoms with E-state index in [2.05, 4.69) is 51.7 Å². The second-order valence-corrected chi connectivity index (χ2v) is 5.65. The highest BCUT2D eigenvalue weighted by atomic mass is 15.3. The van der Waals surface area contributed by atoms with E-state index in [0.29, 0.717) is 0 Å². The molecule has 2 heterocycles. The van der Waals surface area contributed by atoms with Crippen LogP contribution in [0.4, 0.5) is 11.6 Å². The van der Waals surface area contributed by atoms with Gasteiger partial charge < -0.3 is 10.3 Å². The SMILES string of the molecule is NNc1cccc(N2CCC(Cc3ccccc3)CC2)n1. The van der Waals surface area contributed by atoms with Crippen molar-refractivity contribution in [2.75, 3.05) is 23.4 Å². The molecule has 0 bridgehead atoms. The van der Waals surface area contributed by atoms with Crippen LogP contribution < -0.4 is 16.2 Å². The van der Waals surface area contributed by atoms with Gasteiger partial charge >= 0.3 is 0 Å². The summed E-state index contributed by atoms with van der Waals surface area (Å²) in [5, 5.41) is 0. The van der Waals surface area contributed by atoms with Crippen molar-refractivity contribution in [1.82, 2.24) is 4.98 Å². The minimum absolute atomic E-state index is 0.721. The minimum Gasteiger partial charge on any atom is -0.357 e. The molecule has 1 aliphatic heterocycles. The summed E-state index contributed by atoms with van der Waals surface area (Å²) in [4.78, 5) is 6.86. The van der Waals surface area contributed by atoms with E-state index in [-0.39, 0.29) is 0 Å². The Hall–Kier alpha value is -2.07. The Morgan fingerprint density at radius 3 is 2.52 bits per heavy atom. The number of aromatic nitrogens is 1. The zero-order valence-corrected chi connectivity index (χ0v) is 12.2. The second-order valence-electron chi connectivity index (χ2n) is 5.65. The Labute approximate surface area is 126 Å². The second kappa shape index (κ2) is 6.59. The number of rotatable bonds is 4. The van der Waals surface area contributed by atoms with E-state index < -0.39 is 0 Å². The number of pyridine rings is 1.